The third-order valence-corrected chi connectivity index (χ3v) is 3.93. The van der Waals surface area contributed by atoms with Crippen LogP contribution in [0.5, 0.6) is 0 Å². The summed E-state index contributed by atoms with van der Waals surface area (Å²) in [5, 5.41) is 7.88. The number of benzene rings is 1. The Bertz CT molecular complexity index is 691. The van der Waals surface area contributed by atoms with Gasteiger partial charge >= 0.3 is 0 Å². The largest absolute Gasteiger partial charge is 0.328 e. The van der Waals surface area contributed by atoms with Gasteiger partial charge in [-0.2, -0.15) is 5.10 Å². The molecule has 1 aromatic heterocycles. The highest BCUT2D eigenvalue weighted by molar-refractivity contribution is 6.31. The van der Waals surface area contributed by atoms with Gasteiger partial charge in [0, 0.05) is 29.2 Å². The van der Waals surface area contributed by atoms with Crippen molar-refractivity contribution >= 4 is 34.5 Å². The van der Waals surface area contributed by atoms with E-state index in [-0.39, 0.29) is 0 Å². The van der Waals surface area contributed by atoms with E-state index in [1.165, 1.54) is 0 Å². The van der Waals surface area contributed by atoms with E-state index in [2.05, 4.69) is 5.10 Å². The number of likely N-dealkylation sites (N-methyl/N-ethyl adjacent to an activating group) is 1. The number of halogens is 1. The summed E-state index contributed by atoms with van der Waals surface area (Å²) in [7, 11) is 1.87. The first kappa shape index (κ1) is 12.2. The van der Waals surface area contributed by atoms with Crippen LogP contribution >= 0.6 is 11.6 Å². The van der Waals surface area contributed by atoms with Crippen molar-refractivity contribution < 1.29 is 4.79 Å². The van der Waals surface area contributed by atoms with Gasteiger partial charge in [0.1, 0.15) is 0 Å². The predicted molar refractivity (Wildman–Crippen MR) is 76.7 cm³/mol. The summed E-state index contributed by atoms with van der Waals surface area (Å²) in [5.74, 6) is 0. The van der Waals surface area contributed by atoms with Crippen LogP contribution in [-0.2, 0) is 10.3 Å². The van der Waals surface area contributed by atoms with E-state index in [0.29, 0.717) is 11.6 Å². The average Bonchev–Trinajstić information content (AvgIpc) is 2.90. The minimum atomic E-state index is -0.718. The Balaban J connectivity index is 2.24. The van der Waals surface area contributed by atoms with E-state index >= 15 is 0 Å². The second-order valence-corrected chi connectivity index (χ2v) is 5.37. The van der Waals surface area contributed by atoms with E-state index in [4.69, 9.17) is 11.6 Å². The Morgan fingerprint density at radius 1 is 1.42 bits per heavy atom. The number of aldehydes is 1. The van der Waals surface area contributed by atoms with Gasteiger partial charge in [-0.05, 0) is 31.2 Å². The summed E-state index contributed by atoms with van der Waals surface area (Å²) >= 11 is 6.00. The molecule has 0 radical (unpaired) electrons. The molecule has 1 aliphatic heterocycles. The molecule has 2 heterocycles. The van der Waals surface area contributed by atoms with Crippen LogP contribution in [0.4, 0.5) is 0 Å². The summed E-state index contributed by atoms with van der Waals surface area (Å²) < 4.78 is 1.98. The van der Waals surface area contributed by atoms with Crippen molar-refractivity contribution in [1.82, 2.24) is 9.58 Å². The molecule has 1 aromatic carbocycles. The number of hydrazone groups is 1. The molecule has 98 valence electrons. The molecule has 4 nitrogen and oxygen atoms in total. The van der Waals surface area contributed by atoms with Crippen LogP contribution < -0.4 is 0 Å². The van der Waals surface area contributed by atoms with Gasteiger partial charge in [-0.25, -0.2) is 0 Å². The second kappa shape index (κ2) is 4.10. The average molecular weight is 276 g/mol. The maximum absolute atomic E-state index is 11.7. The lowest BCUT2D eigenvalue weighted by Gasteiger charge is -2.26. The van der Waals surface area contributed by atoms with Crippen molar-refractivity contribution in [2.45, 2.75) is 12.5 Å². The topological polar surface area (TPSA) is 37.6 Å². The molecular formula is C14H14ClN3O. The zero-order chi connectivity index (χ0) is 13.6. The standard InChI is InChI=1S/C14H14ClN3O/c1-10-14(9-19,8-17(2)16-10)18-6-5-11-7-12(15)3-4-13(11)18/h3-7,9H,8H2,1-2H3. The van der Waals surface area contributed by atoms with Crippen molar-refractivity contribution in [3.8, 4) is 0 Å². The van der Waals surface area contributed by atoms with Gasteiger partial charge in [0.05, 0.1) is 12.3 Å². The monoisotopic (exact) mass is 275 g/mol. The molecular weight excluding hydrogens is 262 g/mol. The number of hydrogen-bond donors (Lipinski definition) is 0. The van der Waals surface area contributed by atoms with E-state index in [0.717, 1.165) is 22.9 Å². The highest BCUT2D eigenvalue weighted by Gasteiger charge is 2.41. The summed E-state index contributed by atoms with van der Waals surface area (Å²) in [6.45, 7) is 2.44. The Labute approximate surface area is 116 Å². The quantitative estimate of drug-likeness (QED) is 0.790. The van der Waals surface area contributed by atoms with Crippen molar-refractivity contribution in [1.29, 1.82) is 0 Å². The zero-order valence-corrected chi connectivity index (χ0v) is 11.6. The maximum atomic E-state index is 11.7. The normalized spacial score (nSPS) is 22.9. The highest BCUT2D eigenvalue weighted by atomic mass is 35.5. The Morgan fingerprint density at radius 2 is 2.21 bits per heavy atom. The molecule has 0 spiro atoms. The first-order valence-electron chi connectivity index (χ1n) is 6.07. The molecule has 0 N–H and O–H groups in total. The molecule has 2 aromatic rings. The molecule has 3 rings (SSSR count). The van der Waals surface area contributed by atoms with E-state index in [1.807, 2.05) is 49.0 Å². The smallest absolute Gasteiger partial charge is 0.159 e. The molecule has 1 atom stereocenters. The first-order valence-corrected chi connectivity index (χ1v) is 6.45. The lowest BCUT2D eigenvalue weighted by molar-refractivity contribution is -0.112. The number of carbonyl (C=O) groups excluding carboxylic acids is 1. The molecule has 5 heteroatoms. The predicted octanol–water partition coefficient (Wildman–Crippen LogP) is 2.51. The van der Waals surface area contributed by atoms with Crippen LogP contribution in [0.1, 0.15) is 6.92 Å². The number of fused-ring (bicyclic) bond motifs is 1. The van der Waals surface area contributed by atoms with E-state index < -0.39 is 5.54 Å². The van der Waals surface area contributed by atoms with Crippen LogP contribution in [0.3, 0.4) is 0 Å². The molecule has 1 unspecified atom stereocenters. The molecule has 0 saturated heterocycles. The van der Waals surface area contributed by atoms with Crippen molar-refractivity contribution in [2.75, 3.05) is 13.6 Å². The van der Waals surface area contributed by atoms with Crippen LogP contribution in [0, 0.1) is 0 Å². The minimum absolute atomic E-state index is 0.550. The van der Waals surface area contributed by atoms with Gasteiger partial charge in [0.2, 0.25) is 0 Å². The molecule has 0 bridgehead atoms. The summed E-state index contributed by atoms with van der Waals surface area (Å²) in [5.41, 5.74) is 1.07. The second-order valence-electron chi connectivity index (χ2n) is 4.93. The first-order chi connectivity index (χ1) is 9.06. The molecule has 0 saturated carbocycles. The van der Waals surface area contributed by atoms with Gasteiger partial charge in [-0.3, -0.25) is 5.01 Å². The number of rotatable bonds is 2. The Morgan fingerprint density at radius 3 is 2.84 bits per heavy atom. The zero-order valence-electron chi connectivity index (χ0n) is 10.8. The third-order valence-electron chi connectivity index (χ3n) is 3.69. The van der Waals surface area contributed by atoms with Crippen LogP contribution in [0.2, 0.25) is 5.02 Å². The van der Waals surface area contributed by atoms with Gasteiger partial charge in [0.25, 0.3) is 0 Å². The number of aromatic nitrogens is 1. The van der Waals surface area contributed by atoms with Crippen molar-refractivity contribution in [3.63, 3.8) is 0 Å². The lowest BCUT2D eigenvalue weighted by Crippen LogP contribution is -2.44. The van der Waals surface area contributed by atoms with Crippen molar-refractivity contribution in [3.05, 3.63) is 35.5 Å². The van der Waals surface area contributed by atoms with Crippen LogP contribution in [-0.4, -0.2) is 35.2 Å². The Hall–Kier alpha value is -1.81. The fourth-order valence-corrected chi connectivity index (χ4v) is 2.91. The van der Waals surface area contributed by atoms with E-state index in [1.54, 1.807) is 5.01 Å². The highest BCUT2D eigenvalue weighted by Crippen LogP contribution is 2.30. The number of nitrogens with zero attached hydrogens (tertiary/aromatic N) is 3. The van der Waals surface area contributed by atoms with Crippen molar-refractivity contribution in [2.24, 2.45) is 5.10 Å². The molecule has 19 heavy (non-hydrogen) atoms. The van der Waals surface area contributed by atoms with Gasteiger partial charge < -0.3 is 9.36 Å². The maximum Gasteiger partial charge on any atom is 0.159 e. The van der Waals surface area contributed by atoms with Gasteiger partial charge in [-0.15, -0.1) is 0 Å². The van der Waals surface area contributed by atoms with Crippen LogP contribution in [0.25, 0.3) is 10.9 Å². The summed E-state index contributed by atoms with van der Waals surface area (Å²) in [4.78, 5) is 11.7. The minimum Gasteiger partial charge on any atom is -0.328 e. The lowest BCUT2D eigenvalue weighted by atomic mass is 9.96. The molecule has 0 amide bonds. The van der Waals surface area contributed by atoms with Crippen LogP contribution in [0.15, 0.2) is 35.6 Å². The molecule has 1 aliphatic rings. The third kappa shape index (κ3) is 1.67. The number of carbonyl (C=O) groups is 1. The van der Waals surface area contributed by atoms with Gasteiger partial charge in [0.15, 0.2) is 11.8 Å². The summed E-state index contributed by atoms with van der Waals surface area (Å²) in [6, 6.07) is 7.65. The summed E-state index contributed by atoms with van der Waals surface area (Å²) in [6.07, 6.45) is 2.90. The Kier molecular flexibility index (Phi) is 2.64. The van der Waals surface area contributed by atoms with Gasteiger partial charge in [-0.1, -0.05) is 11.6 Å². The van der Waals surface area contributed by atoms with E-state index in [9.17, 15) is 4.79 Å². The SMILES string of the molecule is CC1=NN(C)CC1(C=O)n1ccc2cc(Cl)ccc21. The fourth-order valence-electron chi connectivity index (χ4n) is 2.73. The molecule has 0 aliphatic carbocycles. The fraction of sp³-hybridized carbons (Fsp3) is 0.286. The number of hydrogen-bond acceptors (Lipinski definition) is 3. The molecule has 0 fully saturated rings.